The quantitative estimate of drug-likeness (QED) is 0.242. The van der Waals surface area contributed by atoms with Gasteiger partial charge in [0.05, 0.1) is 0 Å². The number of hydrogen-bond donors (Lipinski definition) is 0. The van der Waals surface area contributed by atoms with Gasteiger partial charge in [-0.3, -0.25) is 0 Å². The van der Waals surface area contributed by atoms with Crippen molar-refractivity contribution in [3.05, 3.63) is 130 Å². The fourth-order valence-electron chi connectivity index (χ4n) is 4.08. The van der Waals surface area contributed by atoms with E-state index in [1.54, 1.807) is 12.1 Å². The molecule has 6 heteroatoms. The summed E-state index contributed by atoms with van der Waals surface area (Å²) < 4.78 is 9.17. The zero-order valence-electron chi connectivity index (χ0n) is 16.0. The molecule has 0 fully saturated rings. The van der Waals surface area contributed by atoms with E-state index in [-0.39, 0.29) is 0 Å². The first-order valence-electron chi connectivity index (χ1n) is 9.37. The molecular weight excluding hydrogens is 461 g/mol. The molecule has 0 amide bonds. The molecule has 4 aromatic rings. The molecular formula is C24H19AsClNO3. The molecule has 0 aliphatic rings. The zero-order valence-corrected chi connectivity index (χ0v) is 18.6. The van der Waals surface area contributed by atoms with Crippen molar-refractivity contribution in [1.29, 1.82) is 0 Å². The normalized spacial score (nSPS) is 12.5. The molecule has 0 aliphatic carbocycles. The monoisotopic (exact) mass is 479 g/mol. The van der Waals surface area contributed by atoms with Gasteiger partial charge >= 0.3 is 181 Å². The zero-order chi connectivity index (χ0) is 21.1. The van der Waals surface area contributed by atoms with Crippen LogP contribution in [0.1, 0.15) is 0 Å². The molecule has 0 bridgehead atoms. The first-order chi connectivity index (χ1) is 14.6. The Bertz CT molecular complexity index is 1050. The summed E-state index contributed by atoms with van der Waals surface area (Å²) in [5, 5.41) is 12.1. The number of hydrogen-bond acceptors (Lipinski definition) is 3. The third-order valence-corrected chi connectivity index (χ3v) is 17.3. The van der Waals surface area contributed by atoms with Gasteiger partial charge < -0.3 is 0 Å². The van der Waals surface area contributed by atoms with Gasteiger partial charge in [0.2, 0.25) is 0 Å². The van der Waals surface area contributed by atoms with Crippen LogP contribution in [0.2, 0.25) is 5.02 Å². The predicted octanol–water partition coefficient (Wildman–Crippen LogP) is 3.38. The molecule has 0 heterocycles. The van der Waals surface area contributed by atoms with Crippen LogP contribution in [0.3, 0.4) is 0 Å². The second-order valence-corrected chi connectivity index (χ2v) is 16.3. The molecule has 0 spiro atoms. The van der Waals surface area contributed by atoms with Gasteiger partial charge in [0, 0.05) is 0 Å². The summed E-state index contributed by atoms with van der Waals surface area (Å²) in [5.41, 5.74) is 0. The summed E-state index contributed by atoms with van der Waals surface area (Å²) in [6, 6.07) is 35.8. The van der Waals surface area contributed by atoms with Crippen LogP contribution in [0.5, 0.6) is 0 Å². The molecule has 4 rings (SSSR count). The molecule has 0 saturated heterocycles. The Hall–Kier alpha value is -3.07. The van der Waals surface area contributed by atoms with Gasteiger partial charge in [0.25, 0.3) is 0 Å². The van der Waals surface area contributed by atoms with E-state index < -0.39 is 17.9 Å². The molecule has 0 atom stereocenters. The van der Waals surface area contributed by atoms with Crippen molar-refractivity contribution in [3.63, 3.8) is 0 Å². The van der Waals surface area contributed by atoms with Crippen LogP contribution in [0.25, 0.3) is 0 Å². The van der Waals surface area contributed by atoms with Crippen LogP contribution < -0.4 is 17.4 Å². The van der Waals surface area contributed by atoms with E-state index in [9.17, 15) is 10.1 Å². The van der Waals surface area contributed by atoms with Crippen molar-refractivity contribution in [2.24, 2.45) is 0 Å². The van der Waals surface area contributed by atoms with E-state index in [0.29, 0.717) is 5.02 Å². The Morgan fingerprint density at radius 1 is 0.600 bits per heavy atom. The molecule has 0 unspecified atom stereocenters. The Balaban J connectivity index is 2.30. The summed E-state index contributed by atoms with van der Waals surface area (Å²) in [6.45, 7) is 0. The van der Waals surface area contributed by atoms with Gasteiger partial charge in [-0.15, -0.1) is 0 Å². The van der Waals surface area contributed by atoms with Crippen LogP contribution >= 0.6 is 11.6 Å². The van der Waals surface area contributed by atoms with E-state index in [2.05, 4.69) is 0 Å². The molecule has 4 aromatic carbocycles. The third kappa shape index (κ3) is 3.00. The van der Waals surface area contributed by atoms with Crippen molar-refractivity contribution in [2.45, 2.75) is 0 Å². The van der Waals surface area contributed by atoms with Gasteiger partial charge in [-0.2, -0.15) is 0 Å². The van der Waals surface area contributed by atoms with Crippen molar-refractivity contribution in [2.75, 3.05) is 0 Å². The minimum absolute atomic E-state index is 0.555. The predicted molar refractivity (Wildman–Crippen MR) is 123 cm³/mol. The van der Waals surface area contributed by atoms with Crippen LogP contribution in [-0.2, 0) is 3.83 Å². The Kier molecular flexibility index (Phi) is 5.38. The van der Waals surface area contributed by atoms with E-state index >= 15 is 0 Å². The summed E-state index contributed by atoms with van der Waals surface area (Å²) in [6.07, 6.45) is 0. The van der Waals surface area contributed by atoms with E-state index in [4.69, 9.17) is 15.4 Å². The molecule has 4 nitrogen and oxygen atoms in total. The summed E-state index contributed by atoms with van der Waals surface area (Å²) >= 11 is 1.19. The molecule has 0 N–H and O–H groups in total. The first-order valence-corrected chi connectivity index (χ1v) is 14.3. The van der Waals surface area contributed by atoms with Crippen LogP contribution in [0.15, 0.2) is 115 Å². The summed E-state index contributed by atoms with van der Waals surface area (Å²) in [4.78, 5) is 12.2. The molecule has 0 radical (unpaired) electrons. The number of benzene rings is 4. The second-order valence-electron chi connectivity index (χ2n) is 6.82. The molecule has 0 aromatic heterocycles. The molecule has 150 valence electrons. The number of nitrogens with zero attached hydrogens (tertiary/aromatic N) is 1. The van der Waals surface area contributed by atoms with Crippen molar-refractivity contribution < 1.29 is 8.91 Å². The third-order valence-electron chi connectivity index (χ3n) is 5.30. The van der Waals surface area contributed by atoms with Crippen molar-refractivity contribution in [3.8, 4) is 0 Å². The molecule has 0 aliphatic heterocycles. The van der Waals surface area contributed by atoms with Gasteiger partial charge in [-0.05, 0) is 0 Å². The minimum atomic E-state index is -5.01. The van der Waals surface area contributed by atoms with Gasteiger partial charge in [-0.25, -0.2) is 0 Å². The fraction of sp³-hybridized carbons (Fsp3) is 0. The van der Waals surface area contributed by atoms with E-state index in [1.807, 2.05) is 103 Å². The topological polar surface area (TPSA) is 52.4 Å². The first kappa shape index (κ1) is 20.2. The maximum atomic E-state index is 12.2. The fourth-order valence-corrected chi connectivity index (χ4v) is 15.5. The number of halogens is 1. The SMILES string of the molecule is O=[N+]([O-])O[As](c1ccccc1)(c1ccccc1)(c1ccccc1)c1ccc(Cl)cc1. The average Bonchev–Trinajstić information content (AvgIpc) is 2.80. The van der Waals surface area contributed by atoms with Gasteiger partial charge in [0.15, 0.2) is 0 Å². The van der Waals surface area contributed by atoms with Crippen LogP contribution in [-0.4, -0.2) is 17.9 Å². The Morgan fingerprint density at radius 2 is 0.933 bits per heavy atom. The van der Waals surface area contributed by atoms with E-state index in [0.717, 1.165) is 17.4 Å². The Morgan fingerprint density at radius 3 is 1.27 bits per heavy atom. The number of rotatable bonds is 6. The average molecular weight is 480 g/mol. The van der Waals surface area contributed by atoms with Gasteiger partial charge in [0.1, 0.15) is 0 Å². The van der Waals surface area contributed by atoms with E-state index in [1.165, 1.54) is 0 Å². The van der Waals surface area contributed by atoms with Gasteiger partial charge in [-0.1, -0.05) is 0 Å². The molecule has 30 heavy (non-hydrogen) atoms. The van der Waals surface area contributed by atoms with Crippen molar-refractivity contribution in [1.82, 2.24) is 0 Å². The Labute approximate surface area is 180 Å². The standard InChI is InChI=1S/C24H19AsClNO3/c26-24-18-16-23(17-19-24)25(30-27(28)29,20-10-4-1-5-11-20,21-12-6-2-7-13-21)22-14-8-3-9-15-22/h1-19H. The van der Waals surface area contributed by atoms with Crippen LogP contribution in [0, 0.1) is 10.1 Å². The molecule has 0 saturated carbocycles. The summed E-state index contributed by atoms with van der Waals surface area (Å²) in [7, 11) is 0. The summed E-state index contributed by atoms with van der Waals surface area (Å²) in [5.74, 6) is 0. The second kappa shape index (κ2) is 7.98. The van der Waals surface area contributed by atoms with Crippen molar-refractivity contribution >= 4 is 41.8 Å². The van der Waals surface area contributed by atoms with Crippen LogP contribution in [0.4, 0.5) is 0 Å². The maximum absolute atomic E-state index is 12.2.